The Kier molecular flexibility index (Phi) is 7.66. The van der Waals surface area contributed by atoms with E-state index >= 15 is 0 Å². The molecule has 0 unspecified atom stereocenters. The average molecular weight is 487 g/mol. The maximum Gasteiger partial charge on any atom is 0.264 e. The maximum atomic E-state index is 13.5. The van der Waals surface area contributed by atoms with Crippen LogP contribution in [0.15, 0.2) is 71.6 Å². The highest BCUT2D eigenvalue weighted by Gasteiger charge is 2.28. The van der Waals surface area contributed by atoms with Crippen molar-refractivity contribution < 1.29 is 17.9 Å². The van der Waals surface area contributed by atoms with E-state index in [1.54, 1.807) is 24.3 Å². The van der Waals surface area contributed by atoms with Gasteiger partial charge >= 0.3 is 0 Å². The number of nitrogens with one attached hydrogen (secondary N) is 1. The summed E-state index contributed by atoms with van der Waals surface area (Å²) in [6, 6.07) is 18.6. The quantitative estimate of drug-likeness (QED) is 0.484. The summed E-state index contributed by atoms with van der Waals surface area (Å²) in [6.07, 6.45) is 0. The molecule has 3 aromatic rings. The minimum atomic E-state index is -4.04. The van der Waals surface area contributed by atoms with Gasteiger partial charge in [0.05, 0.1) is 28.8 Å². The first kappa shape index (κ1) is 24.6. The van der Waals surface area contributed by atoms with Crippen molar-refractivity contribution in [1.82, 2.24) is 5.32 Å². The van der Waals surface area contributed by atoms with Gasteiger partial charge in [-0.05, 0) is 56.7 Å². The van der Waals surface area contributed by atoms with E-state index in [1.807, 2.05) is 45.0 Å². The van der Waals surface area contributed by atoms with E-state index in [-0.39, 0.29) is 21.6 Å². The van der Waals surface area contributed by atoms with E-state index in [0.717, 1.165) is 21.0 Å². The predicted octanol–water partition coefficient (Wildman–Crippen LogP) is 5.04. The topological polar surface area (TPSA) is 75.7 Å². The molecule has 1 atom stereocenters. The summed E-state index contributed by atoms with van der Waals surface area (Å²) in [4.78, 5) is 13.0. The smallest absolute Gasteiger partial charge is 0.264 e. The first-order valence-corrected chi connectivity index (χ1v) is 12.2. The molecule has 3 aromatic carbocycles. The molecule has 0 aromatic heterocycles. The highest BCUT2D eigenvalue weighted by atomic mass is 35.5. The summed E-state index contributed by atoms with van der Waals surface area (Å²) in [5.74, 6) is -0.0313. The number of methoxy groups -OCH3 is 1. The second-order valence-corrected chi connectivity index (χ2v) is 10.1. The Morgan fingerprint density at radius 3 is 2.12 bits per heavy atom. The second kappa shape index (κ2) is 10.3. The van der Waals surface area contributed by atoms with Gasteiger partial charge in [-0.15, -0.1) is 0 Å². The first-order valence-electron chi connectivity index (χ1n) is 10.4. The lowest BCUT2D eigenvalue weighted by molar-refractivity contribution is -0.120. The molecule has 0 spiro atoms. The first-order chi connectivity index (χ1) is 15.6. The number of sulfonamides is 1. The van der Waals surface area contributed by atoms with Crippen LogP contribution >= 0.6 is 11.6 Å². The Balaban J connectivity index is 1.92. The Hall–Kier alpha value is -3.03. The highest BCUT2D eigenvalue weighted by molar-refractivity contribution is 7.92. The van der Waals surface area contributed by atoms with Crippen LogP contribution in [0, 0.1) is 13.8 Å². The summed E-state index contributed by atoms with van der Waals surface area (Å²) in [7, 11) is -2.56. The number of aryl methyl sites for hydroxylation is 2. The van der Waals surface area contributed by atoms with Crippen molar-refractivity contribution >= 4 is 33.2 Å². The number of hydrogen-bond donors (Lipinski definition) is 1. The number of anilines is 1. The number of carbonyl (C=O) groups excluding carboxylic acids is 1. The second-order valence-electron chi connectivity index (χ2n) is 7.84. The van der Waals surface area contributed by atoms with Crippen molar-refractivity contribution in [3.63, 3.8) is 0 Å². The van der Waals surface area contributed by atoms with E-state index in [4.69, 9.17) is 16.3 Å². The molecular formula is C25H27ClN2O4S. The number of halogens is 1. The van der Waals surface area contributed by atoms with Crippen LogP contribution in [0.1, 0.15) is 29.7 Å². The molecule has 0 saturated carbocycles. The van der Waals surface area contributed by atoms with Gasteiger partial charge < -0.3 is 10.1 Å². The van der Waals surface area contributed by atoms with Gasteiger partial charge in [0, 0.05) is 0 Å². The fourth-order valence-electron chi connectivity index (χ4n) is 3.32. The van der Waals surface area contributed by atoms with Gasteiger partial charge in [0.15, 0.2) is 0 Å². The standard InChI is InChI=1S/C25H27ClN2O4S/c1-17-5-9-20(10-6-17)19(3)27-25(29)16-28(21-11-14-24(32-4)23(26)15-21)33(30,31)22-12-7-18(2)8-13-22/h5-15,19H,16H2,1-4H3,(H,27,29)/t19-/m0/s1. The van der Waals surface area contributed by atoms with Gasteiger partial charge in [0.2, 0.25) is 5.91 Å². The summed E-state index contributed by atoms with van der Waals surface area (Å²) in [5, 5.41) is 3.13. The van der Waals surface area contributed by atoms with Crippen LogP contribution in [-0.2, 0) is 14.8 Å². The van der Waals surface area contributed by atoms with Crippen LogP contribution in [0.2, 0.25) is 5.02 Å². The molecule has 8 heteroatoms. The third-order valence-corrected chi connectivity index (χ3v) is 7.36. The lowest BCUT2D eigenvalue weighted by atomic mass is 10.1. The third-order valence-electron chi connectivity index (χ3n) is 5.27. The lowest BCUT2D eigenvalue weighted by Gasteiger charge is -2.25. The zero-order chi connectivity index (χ0) is 24.2. The summed E-state index contributed by atoms with van der Waals surface area (Å²) >= 11 is 6.26. The van der Waals surface area contributed by atoms with Crippen LogP contribution in [-0.4, -0.2) is 28.0 Å². The number of benzene rings is 3. The average Bonchev–Trinajstić information content (AvgIpc) is 2.78. The molecule has 0 bridgehead atoms. The molecule has 0 aliphatic carbocycles. The molecule has 6 nitrogen and oxygen atoms in total. The molecule has 1 N–H and O–H groups in total. The Morgan fingerprint density at radius 1 is 1.00 bits per heavy atom. The number of ether oxygens (including phenoxy) is 1. The van der Waals surface area contributed by atoms with Crippen molar-refractivity contribution in [3.8, 4) is 5.75 Å². The summed E-state index contributed by atoms with van der Waals surface area (Å²) < 4.78 is 33.3. The molecule has 0 radical (unpaired) electrons. The number of rotatable bonds is 8. The van der Waals surface area contributed by atoms with Gasteiger partial charge in [0.1, 0.15) is 12.3 Å². The van der Waals surface area contributed by atoms with E-state index in [9.17, 15) is 13.2 Å². The van der Waals surface area contributed by atoms with Crippen LogP contribution < -0.4 is 14.4 Å². The molecule has 33 heavy (non-hydrogen) atoms. The van der Waals surface area contributed by atoms with Gasteiger partial charge in [-0.25, -0.2) is 8.42 Å². The molecule has 0 aliphatic rings. The van der Waals surface area contributed by atoms with Crippen LogP contribution in [0.4, 0.5) is 5.69 Å². The largest absolute Gasteiger partial charge is 0.495 e. The number of carbonyl (C=O) groups is 1. The van der Waals surface area contributed by atoms with Crippen LogP contribution in [0.25, 0.3) is 0 Å². The molecule has 174 valence electrons. The highest BCUT2D eigenvalue weighted by Crippen LogP contribution is 2.32. The zero-order valence-corrected chi connectivity index (χ0v) is 20.6. The molecular weight excluding hydrogens is 460 g/mol. The summed E-state index contributed by atoms with van der Waals surface area (Å²) in [6.45, 7) is 5.30. The lowest BCUT2D eigenvalue weighted by Crippen LogP contribution is -2.41. The Labute approximate surface area is 200 Å². The molecule has 0 saturated heterocycles. The van der Waals surface area contributed by atoms with Crippen molar-refractivity contribution in [2.24, 2.45) is 0 Å². The van der Waals surface area contributed by atoms with Gasteiger partial charge in [-0.2, -0.15) is 0 Å². The van der Waals surface area contributed by atoms with Crippen molar-refractivity contribution in [3.05, 3.63) is 88.4 Å². The molecule has 0 heterocycles. The fraction of sp³-hybridized carbons (Fsp3) is 0.240. The van der Waals surface area contributed by atoms with E-state index in [0.29, 0.717) is 5.75 Å². The minimum Gasteiger partial charge on any atom is -0.495 e. The van der Waals surface area contributed by atoms with Gasteiger partial charge in [-0.3, -0.25) is 9.10 Å². The zero-order valence-electron chi connectivity index (χ0n) is 19.0. The number of nitrogens with zero attached hydrogens (tertiary/aromatic N) is 1. The molecule has 1 amide bonds. The normalized spacial score (nSPS) is 12.2. The SMILES string of the molecule is COc1ccc(N(CC(=O)N[C@@H](C)c2ccc(C)cc2)S(=O)(=O)c2ccc(C)cc2)cc1Cl. The number of amides is 1. The molecule has 0 fully saturated rings. The van der Waals surface area contributed by atoms with Crippen molar-refractivity contribution in [1.29, 1.82) is 0 Å². The van der Waals surface area contributed by atoms with Crippen molar-refractivity contribution in [2.45, 2.75) is 31.7 Å². The molecule has 3 rings (SSSR count). The van der Waals surface area contributed by atoms with Crippen LogP contribution in [0.5, 0.6) is 5.75 Å². The Bertz CT molecular complexity index is 1230. The van der Waals surface area contributed by atoms with E-state index in [1.165, 1.54) is 25.3 Å². The monoisotopic (exact) mass is 486 g/mol. The van der Waals surface area contributed by atoms with Crippen molar-refractivity contribution in [2.75, 3.05) is 18.0 Å². The van der Waals surface area contributed by atoms with E-state index < -0.39 is 22.5 Å². The van der Waals surface area contributed by atoms with Crippen LogP contribution in [0.3, 0.4) is 0 Å². The minimum absolute atomic E-state index is 0.0828. The van der Waals surface area contributed by atoms with Gasteiger partial charge in [0.25, 0.3) is 10.0 Å². The third kappa shape index (κ3) is 5.86. The van der Waals surface area contributed by atoms with E-state index in [2.05, 4.69) is 5.32 Å². The Morgan fingerprint density at radius 2 is 1.58 bits per heavy atom. The summed E-state index contributed by atoms with van der Waals surface area (Å²) in [5.41, 5.74) is 3.23. The molecule has 0 aliphatic heterocycles. The number of hydrogen-bond acceptors (Lipinski definition) is 4. The maximum absolute atomic E-state index is 13.5. The van der Waals surface area contributed by atoms with Gasteiger partial charge in [-0.1, -0.05) is 59.1 Å². The predicted molar refractivity (Wildman–Crippen MR) is 131 cm³/mol. The fourth-order valence-corrected chi connectivity index (χ4v) is 4.98.